The van der Waals surface area contributed by atoms with Crippen molar-refractivity contribution in [3.05, 3.63) is 71.6 Å². The van der Waals surface area contributed by atoms with Crippen LogP contribution < -0.4 is 0 Å². The molecule has 1 aromatic heterocycles. The maximum atomic E-state index is 10.1. The number of rotatable bonds is 1. The second-order valence-corrected chi connectivity index (χ2v) is 9.58. The van der Waals surface area contributed by atoms with E-state index in [0.717, 1.165) is 25.2 Å². The van der Waals surface area contributed by atoms with Gasteiger partial charge in [0, 0.05) is 17.8 Å². The van der Waals surface area contributed by atoms with Gasteiger partial charge in [0.1, 0.15) is 0 Å². The number of aliphatic hydroxyl groups excluding tert-OH is 1. The van der Waals surface area contributed by atoms with E-state index in [4.69, 9.17) is 0 Å². The number of hydrogen-bond donors (Lipinski definition) is 1. The zero-order valence-electron chi connectivity index (χ0n) is 18.9. The first-order chi connectivity index (χ1) is 15.3. The van der Waals surface area contributed by atoms with Gasteiger partial charge in [0.05, 0.1) is 6.10 Å². The van der Waals surface area contributed by atoms with Gasteiger partial charge in [0.15, 0.2) is 0 Å². The SMILES string of the molecule is CC.OC1CCC2CCC3C(=CCC4C(c5ccc6ccncc6c5)=CCC34)C=C2C1. The molecule has 0 aliphatic heterocycles. The molecule has 0 radical (unpaired) electrons. The first kappa shape index (κ1) is 20.7. The molecule has 0 bridgehead atoms. The van der Waals surface area contributed by atoms with Gasteiger partial charge in [0.25, 0.3) is 0 Å². The van der Waals surface area contributed by atoms with E-state index in [-0.39, 0.29) is 6.10 Å². The lowest BCUT2D eigenvalue weighted by atomic mass is 9.69. The molecule has 2 aromatic rings. The van der Waals surface area contributed by atoms with Gasteiger partial charge in [-0.3, -0.25) is 4.98 Å². The standard InChI is InChI=1S/C27H29NO.C2H6/c29-23-6-3-17-4-7-24-20(13-21(17)15-23)5-8-26-25(9-10-27(24)26)19-2-1-18-11-12-28-16-22(18)14-19;1-2/h1-2,5,9,11-14,16-17,23-24,26-27,29H,3-4,6-8,10,15H2;1-2H3. The number of hydrogen-bond acceptors (Lipinski definition) is 2. The summed E-state index contributed by atoms with van der Waals surface area (Å²) in [4.78, 5) is 4.31. The number of nitrogens with zero attached hydrogens (tertiary/aromatic N) is 1. The number of aliphatic hydroxyl groups is 1. The third kappa shape index (κ3) is 3.80. The Morgan fingerprint density at radius 1 is 0.903 bits per heavy atom. The molecule has 1 aromatic carbocycles. The van der Waals surface area contributed by atoms with Crippen molar-refractivity contribution < 1.29 is 5.11 Å². The summed E-state index contributed by atoms with van der Waals surface area (Å²) in [6, 6.07) is 8.98. The van der Waals surface area contributed by atoms with Crippen LogP contribution in [0.3, 0.4) is 0 Å². The summed E-state index contributed by atoms with van der Waals surface area (Å²) in [6.07, 6.45) is 19.4. The van der Waals surface area contributed by atoms with Crippen LogP contribution in [0.15, 0.2) is 66.0 Å². The molecule has 31 heavy (non-hydrogen) atoms. The van der Waals surface area contributed by atoms with Crippen molar-refractivity contribution in [2.75, 3.05) is 0 Å². The van der Waals surface area contributed by atoms with Crippen LogP contribution in [0.5, 0.6) is 0 Å². The third-order valence-electron chi connectivity index (χ3n) is 8.07. The van der Waals surface area contributed by atoms with Gasteiger partial charge in [-0.15, -0.1) is 0 Å². The summed E-state index contributed by atoms with van der Waals surface area (Å²) in [6.45, 7) is 4.00. The van der Waals surface area contributed by atoms with Gasteiger partial charge in [-0.05, 0) is 103 Å². The highest BCUT2D eigenvalue weighted by Gasteiger charge is 2.41. The second kappa shape index (κ2) is 8.74. The van der Waals surface area contributed by atoms with Gasteiger partial charge < -0.3 is 5.11 Å². The second-order valence-electron chi connectivity index (χ2n) is 9.58. The first-order valence-corrected chi connectivity index (χ1v) is 12.4. The molecule has 1 saturated carbocycles. The highest BCUT2D eigenvalue weighted by atomic mass is 16.3. The maximum Gasteiger partial charge on any atom is 0.0577 e. The predicted octanol–water partition coefficient (Wildman–Crippen LogP) is 7.11. The molecule has 162 valence electrons. The molecule has 1 N–H and O–H groups in total. The van der Waals surface area contributed by atoms with Gasteiger partial charge in [-0.1, -0.05) is 49.8 Å². The molecule has 5 atom stereocenters. The monoisotopic (exact) mass is 413 g/mol. The molecule has 2 nitrogen and oxygen atoms in total. The van der Waals surface area contributed by atoms with Gasteiger partial charge in [-0.25, -0.2) is 0 Å². The molecule has 0 amide bonds. The van der Waals surface area contributed by atoms with Crippen molar-refractivity contribution in [3.8, 4) is 0 Å². The average Bonchev–Trinajstić information content (AvgIpc) is 3.15. The first-order valence-electron chi connectivity index (χ1n) is 12.4. The minimum absolute atomic E-state index is 0.117. The van der Waals surface area contributed by atoms with Crippen molar-refractivity contribution in [1.29, 1.82) is 0 Å². The van der Waals surface area contributed by atoms with E-state index >= 15 is 0 Å². The summed E-state index contributed by atoms with van der Waals surface area (Å²) in [7, 11) is 0. The topological polar surface area (TPSA) is 33.1 Å². The highest BCUT2D eigenvalue weighted by molar-refractivity contribution is 5.86. The third-order valence-corrected chi connectivity index (χ3v) is 8.07. The predicted molar refractivity (Wildman–Crippen MR) is 130 cm³/mol. The zero-order valence-corrected chi connectivity index (χ0v) is 18.9. The Balaban J connectivity index is 0.000000994. The zero-order chi connectivity index (χ0) is 21.4. The van der Waals surface area contributed by atoms with Crippen LogP contribution >= 0.6 is 0 Å². The molecule has 0 spiro atoms. The highest BCUT2D eigenvalue weighted by Crippen LogP contribution is 2.53. The lowest BCUT2D eigenvalue weighted by Crippen LogP contribution is -2.25. The maximum absolute atomic E-state index is 10.1. The van der Waals surface area contributed by atoms with E-state index in [0.29, 0.717) is 17.8 Å². The summed E-state index contributed by atoms with van der Waals surface area (Å²) in [5, 5.41) is 12.7. The smallest absolute Gasteiger partial charge is 0.0577 e. The fraction of sp³-hybridized carbons (Fsp3) is 0.483. The summed E-state index contributed by atoms with van der Waals surface area (Å²) in [5.74, 6) is 2.81. The van der Waals surface area contributed by atoms with Crippen LogP contribution in [-0.4, -0.2) is 16.2 Å². The molecule has 6 rings (SSSR count). The Hall–Kier alpha value is -2.19. The van der Waals surface area contributed by atoms with Crippen LogP contribution in [0.1, 0.15) is 64.4 Å². The summed E-state index contributed by atoms with van der Waals surface area (Å²) < 4.78 is 0. The van der Waals surface area contributed by atoms with Crippen molar-refractivity contribution in [3.63, 3.8) is 0 Å². The molecule has 1 heterocycles. The van der Waals surface area contributed by atoms with Gasteiger partial charge in [0.2, 0.25) is 0 Å². The number of benzene rings is 1. The summed E-state index contributed by atoms with van der Waals surface area (Å²) >= 11 is 0. The number of pyridine rings is 1. The van der Waals surface area contributed by atoms with Crippen molar-refractivity contribution >= 4 is 16.3 Å². The fourth-order valence-corrected chi connectivity index (χ4v) is 6.58. The Morgan fingerprint density at radius 3 is 2.68 bits per heavy atom. The van der Waals surface area contributed by atoms with E-state index in [1.165, 1.54) is 47.6 Å². The van der Waals surface area contributed by atoms with E-state index in [9.17, 15) is 5.11 Å². The molecule has 1 fully saturated rings. The minimum Gasteiger partial charge on any atom is -0.393 e. The molecular weight excluding hydrogens is 378 g/mol. The number of aromatic nitrogens is 1. The van der Waals surface area contributed by atoms with Crippen molar-refractivity contribution in [2.24, 2.45) is 23.7 Å². The van der Waals surface area contributed by atoms with Crippen molar-refractivity contribution in [1.82, 2.24) is 4.98 Å². The number of allylic oxidation sites excluding steroid dienone is 5. The Morgan fingerprint density at radius 2 is 1.77 bits per heavy atom. The Labute approximate surface area is 186 Å². The van der Waals surface area contributed by atoms with Crippen LogP contribution in [0, 0.1) is 23.7 Å². The molecule has 0 saturated heterocycles. The quantitative estimate of drug-likeness (QED) is 0.540. The summed E-state index contributed by atoms with van der Waals surface area (Å²) in [5.41, 5.74) is 6.05. The van der Waals surface area contributed by atoms with Gasteiger partial charge >= 0.3 is 0 Å². The van der Waals surface area contributed by atoms with E-state index in [2.05, 4.69) is 47.5 Å². The average molecular weight is 414 g/mol. The largest absolute Gasteiger partial charge is 0.393 e. The van der Waals surface area contributed by atoms with Gasteiger partial charge in [-0.2, -0.15) is 0 Å². The normalized spacial score (nSPS) is 31.7. The lowest BCUT2D eigenvalue weighted by Gasteiger charge is -2.35. The van der Waals surface area contributed by atoms with E-state index < -0.39 is 0 Å². The number of fused-ring (bicyclic) bond motifs is 5. The van der Waals surface area contributed by atoms with E-state index in [1.54, 1.807) is 11.1 Å². The fourth-order valence-electron chi connectivity index (χ4n) is 6.58. The molecule has 4 aliphatic rings. The molecule has 4 aliphatic carbocycles. The Kier molecular flexibility index (Phi) is 5.84. The van der Waals surface area contributed by atoms with Crippen LogP contribution in [0.25, 0.3) is 16.3 Å². The van der Waals surface area contributed by atoms with E-state index in [1.807, 2.05) is 26.2 Å². The van der Waals surface area contributed by atoms with Crippen LogP contribution in [0.2, 0.25) is 0 Å². The van der Waals surface area contributed by atoms with Crippen molar-refractivity contribution in [2.45, 2.75) is 64.9 Å². The van der Waals surface area contributed by atoms with Crippen LogP contribution in [0.4, 0.5) is 0 Å². The molecule has 5 unspecified atom stereocenters. The minimum atomic E-state index is -0.117. The Bertz CT molecular complexity index is 1050. The molecule has 2 heteroatoms. The van der Waals surface area contributed by atoms with Crippen LogP contribution in [-0.2, 0) is 0 Å². The molecular formula is C29H35NO. The lowest BCUT2D eigenvalue weighted by molar-refractivity contribution is 0.133.